The van der Waals surface area contributed by atoms with Gasteiger partial charge in [-0.3, -0.25) is 19.2 Å². The molecule has 2 aromatic carbocycles. The molecule has 0 fully saturated rings. The maximum atomic E-state index is 11.9. The van der Waals surface area contributed by atoms with Crippen molar-refractivity contribution in [2.45, 2.75) is 567 Å². The van der Waals surface area contributed by atoms with Crippen molar-refractivity contribution in [1.82, 2.24) is 0 Å². The normalized spacial score (nSPS) is 13.3. The maximum absolute atomic E-state index is 11.9. The van der Waals surface area contributed by atoms with Crippen LogP contribution in [0, 0.1) is 0 Å². The van der Waals surface area contributed by atoms with Crippen molar-refractivity contribution in [2.75, 3.05) is 0 Å². The fourth-order valence-corrected chi connectivity index (χ4v) is 10.9. The third kappa shape index (κ3) is 100. The molecule has 0 heterocycles. The second kappa shape index (κ2) is 87.5. The molecule has 30 heteroatoms. The molecular formula is C108H200O30. The van der Waals surface area contributed by atoms with Crippen LogP contribution < -0.4 is 0 Å². The van der Waals surface area contributed by atoms with Crippen molar-refractivity contribution in [3.8, 4) is 0 Å². The molecule has 0 aliphatic carbocycles. The second-order valence-corrected chi connectivity index (χ2v) is 38.1. The third-order valence-corrected chi connectivity index (χ3v) is 15.3. The molecule has 2 rings (SSSR count). The van der Waals surface area contributed by atoms with E-state index in [-0.39, 0.29) is 206 Å². The van der Waals surface area contributed by atoms with Gasteiger partial charge in [-0.15, -0.1) is 0 Å². The smallest absolute Gasteiger partial charge is 0.340 e. The standard InChI is InChI=1S/2C14H20O3.2C11H22O3.4C10H20O3.2C9H18O3/c2*1-10(2)16-13(14(15)17-11(3)4)12-8-6-5-7-9-12;2*1-6-10(13-8(2)3)7-11(12)14-9(4)5;2*1-7(2)12-9(5)6-10(11)13-8(3)4;2*1-6-9(12-7(2)3)10(11)13-8(4)5;2*1-6(2)11-8(5)9(10)12-7(3)4/h2*5-11,13H,1-4H3;2*8-10H,6-7H2,1-5H3;4*7-9H,6H2,1-5H3;2*6-8H,1-5H3/t2*13-;2*10-;4*9-;2*8-/m1010101010/s1. The molecule has 2 aromatic rings. The van der Waals surface area contributed by atoms with E-state index in [2.05, 4.69) is 0 Å². The molecule has 10 atom stereocenters. The second-order valence-electron chi connectivity index (χ2n) is 38.1. The summed E-state index contributed by atoms with van der Waals surface area (Å²) < 4.78 is 105. The first-order valence-electron chi connectivity index (χ1n) is 50.2. The van der Waals surface area contributed by atoms with Gasteiger partial charge in [0, 0.05) is 0 Å². The molecule has 30 nitrogen and oxygen atoms in total. The molecule has 0 N–H and O–H groups in total. The molecule has 0 aromatic heterocycles. The van der Waals surface area contributed by atoms with Crippen LogP contribution in [0.3, 0.4) is 0 Å². The van der Waals surface area contributed by atoms with Crippen molar-refractivity contribution >= 4 is 59.7 Å². The Morgan fingerprint density at radius 1 is 0.188 bits per heavy atom. The van der Waals surface area contributed by atoms with Crippen molar-refractivity contribution in [3.63, 3.8) is 0 Å². The zero-order valence-electron chi connectivity index (χ0n) is 95.0. The van der Waals surface area contributed by atoms with E-state index in [0.717, 1.165) is 24.0 Å². The lowest BCUT2D eigenvalue weighted by Gasteiger charge is -2.20. The summed E-state index contributed by atoms with van der Waals surface area (Å²) in [6, 6.07) is 18.8. The van der Waals surface area contributed by atoms with Crippen LogP contribution in [0.4, 0.5) is 0 Å². The first-order chi connectivity index (χ1) is 63.5. The van der Waals surface area contributed by atoms with Crippen LogP contribution in [0.2, 0.25) is 0 Å². The number of ether oxygens (including phenoxy) is 20. The van der Waals surface area contributed by atoms with E-state index in [1.807, 2.05) is 379 Å². The predicted molar refractivity (Wildman–Crippen MR) is 545 cm³/mol. The van der Waals surface area contributed by atoms with Crippen molar-refractivity contribution in [3.05, 3.63) is 71.8 Å². The highest BCUT2D eigenvalue weighted by Gasteiger charge is 2.29. The minimum Gasteiger partial charge on any atom is -0.463 e. The summed E-state index contributed by atoms with van der Waals surface area (Å²) in [5.74, 6) is -2.50. The SMILES string of the molecule is CC(C)OC(=O)C[C@@H](C)OC(C)C.CC(C)OC(=O)C[C@H](C)OC(C)C.CC(C)OC(=O)[C@@H](C)OC(C)C.CC(C)OC(=O)[C@@H](OC(C)C)c1ccccc1.CC(C)OC(=O)[C@H](C)OC(C)C.CC(C)OC(=O)[C@H](OC(C)C)c1ccccc1.CC[C@@H](CC(=O)OC(C)C)OC(C)C.CC[C@@H](OC(C)C)C(=O)OC(C)C.CC[C@H](CC(=O)OC(C)C)OC(C)C.CC[C@H](OC(C)C)C(=O)OC(C)C. The van der Waals surface area contributed by atoms with Gasteiger partial charge in [-0.1, -0.05) is 88.4 Å². The van der Waals surface area contributed by atoms with Crippen LogP contribution in [0.1, 0.15) is 407 Å². The lowest BCUT2D eigenvalue weighted by molar-refractivity contribution is -0.165. The number of rotatable bonds is 50. The first-order valence-corrected chi connectivity index (χ1v) is 50.2. The number of esters is 10. The maximum Gasteiger partial charge on any atom is 0.340 e. The molecule has 0 saturated carbocycles. The molecule has 0 bridgehead atoms. The summed E-state index contributed by atoms with van der Waals surface area (Å²) in [5, 5.41) is 0. The monoisotopic (exact) mass is 1980 g/mol. The van der Waals surface area contributed by atoms with E-state index in [1.54, 1.807) is 13.8 Å². The van der Waals surface area contributed by atoms with Gasteiger partial charge >= 0.3 is 59.7 Å². The van der Waals surface area contributed by atoms with Gasteiger partial charge < -0.3 is 94.7 Å². The molecule has 0 unspecified atom stereocenters. The van der Waals surface area contributed by atoms with Crippen LogP contribution in [0.5, 0.6) is 0 Å². The summed E-state index contributed by atoms with van der Waals surface area (Å²) in [5.41, 5.74) is 1.65. The summed E-state index contributed by atoms with van der Waals surface area (Å²) >= 11 is 0. The number of hydrogen-bond donors (Lipinski definition) is 0. The summed E-state index contributed by atoms with van der Waals surface area (Å²) in [4.78, 5) is 114. The van der Waals surface area contributed by atoms with E-state index in [0.29, 0.717) is 38.5 Å². The van der Waals surface area contributed by atoms with Gasteiger partial charge in [-0.05, 0) is 341 Å². The average molecular weight is 1980 g/mol. The first kappa shape index (κ1) is 146. The Morgan fingerprint density at radius 3 is 0.558 bits per heavy atom. The van der Waals surface area contributed by atoms with Gasteiger partial charge in [-0.25, -0.2) is 28.8 Å². The molecule has 812 valence electrons. The Hall–Kier alpha value is -7.26. The van der Waals surface area contributed by atoms with E-state index < -0.39 is 36.6 Å². The van der Waals surface area contributed by atoms with Gasteiger partial charge in [0.05, 0.1) is 172 Å². The zero-order chi connectivity index (χ0) is 109. The number of carbonyl (C=O) groups is 10. The number of hydrogen-bond acceptors (Lipinski definition) is 30. The van der Waals surface area contributed by atoms with E-state index in [9.17, 15) is 47.9 Å². The van der Waals surface area contributed by atoms with Crippen molar-refractivity contribution < 1.29 is 143 Å². The van der Waals surface area contributed by atoms with Gasteiger partial charge in [0.2, 0.25) is 0 Å². The lowest BCUT2D eigenvalue weighted by atomic mass is 10.1. The van der Waals surface area contributed by atoms with Crippen LogP contribution in [-0.4, -0.2) is 231 Å². The summed E-state index contributed by atoms with van der Waals surface area (Å²) in [6.45, 7) is 90.1. The Balaban J connectivity index is -0.000000227. The highest BCUT2D eigenvalue weighted by atomic mass is 16.6. The largest absolute Gasteiger partial charge is 0.463 e. The average Bonchev–Trinajstić information content (AvgIpc) is 0.864. The summed E-state index contributed by atoms with van der Waals surface area (Å²) in [7, 11) is 0. The lowest BCUT2D eigenvalue weighted by Crippen LogP contribution is -2.30. The molecule has 0 saturated heterocycles. The Labute approximate surface area is 836 Å². The van der Waals surface area contributed by atoms with E-state index in [1.165, 1.54) is 0 Å². The van der Waals surface area contributed by atoms with E-state index >= 15 is 0 Å². The molecular weight excluding hydrogens is 1780 g/mol. The summed E-state index contributed by atoms with van der Waals surface area (Å²) in [6.07, 6.45) is 1.24. The van der Waals surface area contributed by atoms with Gasteiger partial charge in [0.25, 0.3) is 0 Å². The Morgan fingerprint density at radius 2 is 0.377 bits per heavy atom. The zero-order valence-corrected chi connectivity index (χ0v) is 95.0. The van der Waals surface area contributed by atoms with Gasteiger partial charge in [-0.2, -0.15) is 0 Å². The van der Waals surface area contributed by atoms with Gasteiger partial charge in [0.15, 0.2) is 36.6 Å². The van der Waals surface area contributed by atoms with E-state index in [4.69, 9.17) is 94.7 Å². The molecule has 0 aliphatic rings. The number of benzene rings is 2. The highest BCUT2D eigenvalue weighted by molar-refractivity contribution is 5.78. The molecule has 138 heavy (non-hydrogen) atoms. The van der Waals surface area contributed by atoms with Gasteiger partial charge in [0.1, 0.15) is 0 Å². The minimum atomic E-state index is -0.640. The topological polar surface area (TPSA) is 355 Å². The van der Waals surface area contributed by atoms with Crippen molar-refractivity contribution in [2.24, 2.45) is 0 Å². The van der Waals surface area contributed by atoms with Crippen LogP contribution >= 0.6 is 0 Å². The predicted octanol–water partition coefficient (Wildman–Crippen LogP) is 23.3. The molecule has 0 amide bonds. The molecule has 0 aliphatic heterocycles. The highest BCUT2D eigenvalue weighted by Crippen LogP contribution is 2.24. The van der Waals surface area contributed by atoms with Crippen LogP contribution in [0.15, 0.2) is 60.7 Å². The fourth-order valence-electron chi connectivity index (χ4n) is 10.9. The minimum absolute atomic E-state index is 0.0127. The Bertz CT molecular complexity index is 3090. The molecule has 0 radical (unpaired) electrons. The molecule has 0 spiro atoms. The quantitative estimate of drug-likeness (QED) is 0.0438. The fraction of sp³-hybridized carbons (Fsp3) is 0.796. The van der Waals surface area contributed by atoms with Crippen molar-refractivity contribution in [1.29, 1.82) is 0 Å². The number of carbonyl (C=O) groups excluding carboxylic acids is 10. The van der Waals surface area contributed by atoms with Crippen LogP contribution in [0.25, 0.3) is 0 Å². The Kier molecular flexibility index (Phi) is 92.7. The third-order valence-electron chi connectivity index (χ3n) is 15.3. The van der Waals surface area contributed by atoms with Crippen LogP contribution in [-0.2, 0) is 143 Å².